The number of aryl methyl sites for hydroxylation is 1. The summed E-state index contributed by atoms with van der Waals surface area (Å²) in [4.78, 5) is 8.21. The fourth-order valence-electron chi connectivity index (χ4n) is 2.79. The largest absolute Gasteiger partial charge is 0.373 e. The molecule has 0 radical (unpaired) electrons. The number of rotatable bonds is 6. The van der Waals surface area contributed by atoms with Crippen LogP contribution in [0.1, 0.15) is 36.5 Å². The summed E-state index contributed by atoms with van der Waals surface area (Å²) in [7, 11) is 0. The highest BCUT2D eigenvalue weighted by atomic mass is 16.5. The third kappa shape index (κ3) is 3.79. The van der Waals surface area contributed by atoms with Crippen molar-refractivity contribution >= 4 is 5.82 Å². The first-order valence-corrected chi connectivity index (χ1v) is 7.63. The molecule has 21 heavy (non-hydrogen) atoms. The van der Waals surface area contributed by atoms with Gasteiger partial charge in [-0.3, -0.25) is 4.98 Å². The SMILES string of the molecule is c1ccc2c(c1)CCC[C@@H]2OCCCNc1cnccn1. The van der Waals surface area contributed by atoms with E-state index in [1.165, 1.54) is 24.0 Å². The molecule has 1 aromatic heterocycles. The molecule has 0 saturated carbocycles. The maximum Gasteiger partial charge on any atom is 0.144 e. The monoisotopic (exact) mass is 283 g/mol. The van der Waals surface area contributed by atoms with Gasteiger partial charge in [0.15, 0.2) is 0 Å². The smallest absolute Gasteiger partial charge is 0.144 e. The number of nitrogens with one attached hydrogen (secondary N) is 1. The van der Waals surface area contributed by atoms with Crippen LogP contribution in [0, 0.1) is 0 Å². The average Bonchev–Trinajstić information content (AvgIpc) is 2.56. The van der Waals surface area contributed by atoms with Gasteiger partial charge in [0.05, 0.1) is 12.3 Å². The van der Waals surface area contributed by atoms with E-state index in [1.54, 1.807) is 18.6 Å². The average molecular weight is 283 g/mol. The Balaban J connectivity index is 1.42. The van der Waals surface area contributed by atoms with Crippen molar-refractivity contribution in [1.29, 1.82) is 0 Å². The van der Waals surface area contributed by atoms with Gasteiger partial charge in [0.1, 0.15) is 5.82 Å². The van der Waals surface area contributed by atoms with Crippen LogP contribution in [0.2, 0.25) is 0 Å². The zero-order valence-electron chi connectivity index (χ0n) is 12.2. The van der Waals surface area contributed by atoms with E-state index in [0.717, 1.165) is 31.8 Å². The van der Waals surface area contributed by atoms with Crippen LogP contribution in [0.25, 0.3) is 0 Å². The third-order valence-electron chi connectivity index (χ3n) is 3.82. The molecule has 2 aromatic rings. The lowest BCUT2D eigenvalue weighted by molar-refractivity contribution is 0.0406. The molecule has 0 aliphatic heterocycles. The molecule has 0 fully saturated rings. The van der Waals surface area contributed by atoms with E-state index in [9.17, 15) is 0 Å². The van der Waals surface area contributed by atoms with Gasteiger partial charge < -0.3 is 10.1 Å². The lowest BCUT2D eigenvalue weighted by atomic mass is 9.89. The minimum Gasteiger partial charge on any atom is -0.373 e. The van der Waals surface area contributed by atoms with Gasteiger partial charge in [-0.05, 0) is 36.8 Å². The Morgan fingerprint density at radius 2 is 2.19 bits per heavy atom. The molecule has 0 unspecified atom stereocenters. The van der Waals surface area contributed by atoms with E-state index in [1.807, 2.05) is 0 Å². The van der Waals surface area contributed by atoms with Gasteiger partial charge in [-0.25, -0.2) is 4.98 Å². The molecule has 1 aliphatic carbocycles. The summed E-state index contributed by atoms with van der Waals surface area (Å²) in [5.41, 5.74) is 2.83. The molecule has 1 aliphatic rings. The molecule has 0 amide bonds. The highest BCUT2D eigenvalue weighted by Gasteiger charge is 2.19. The number of nitrogens with zero attached hydrogens (tertiary/aromatic N) is 2. The first-order chi connectivity index (χ1) is 10.4. The van der Waals surface area contributed by atoms with Crippen molar-refractivity contribution in [2.45, 2.75) is 31.8 Å². The minimum atomic E-state index is 0.270. The van der Waals surface area contributed by atoms with Gasteiger partial charge in [-0.2, -0.15) is 0 Å². The normalized spacial score (nSPS) is 17.2. The molecule has 1 aromatic carbocycles. The van der Waals surface area contributed by atoms with Crippen molar-refractivity contribution < 1.29 is 4.74 Å². The summed E-state index contributed by atoms with van der Waals surface area (Å²) in [5.74, 6) is 0.820. The molecular formula is C17H21N3O. The number of hydrogen-bond acceptors (Lipinski definition) is 4. The van der Waals surface area contributed by atoms with Gasteiger partial charge in [-0.15, -0.1) is 0 Å². The van der Waals surface area contributed by atoms with Crippen LogP contribution in [0.15, 0.2) is 42.9 Å². The van der Waals surface area contributed by atoms with Crippen molar-refractivity contribution in [1.82, 2.24) is 9.97 Å². The highest BCUT2D eigenvalue weighted by Crippen LogP contribution is 2.32. The van der Waals surface area contributed by atoms with Crippen molar-refractivity contribution in [2.24, 2.45) is 0 Å². The Labute approximate surface area is 125 Å². The molecule has 1 atom stereocenters. The van der Waals surface area contributed by atoms with Crippen molar-refractivity contribution in [3.05, 3.63) is 54.0 Å². The zero-order valence-corrected chi connectivity index (χ0v) is 12.2. The van der Waals surface area contributed by atoms with E-state index in [4.69, 9.17) is 4.74 Å². The summed E-state index contributed by atoms with van der Waals surface area (Å²) in [6, 6.07) is 8.65. The Hall–Kier alpha value is -1.94. The van der Waals surface area contributed by atoms with Crippen LogP contribution >= 0.6 is 0 Å². The predicted molar refractivity (Wildman–Crippen MR) is 83.2 cm³/mol. The van der Waals surface area contributed by atoms with E-state index in [-0.39, 0.29) is 6.10 Å². The lowest BCUT2D eigenvalue weighted by Gasteiger charge is -2.25. The minimum absolute atomic E-state index is 0.270. The molecule has 1 N–H and O–H groups in total. The van der Waals surface area contributed by atoms with Crippen LogP contribution in [0.4, 0.5) is 5.82 Å². The van der Waals surface area contributed by atoms with E-state index < -0.39 is 0 Å². The summed E-state index contributed by atoms with van der Waals surface area (Å²) >= 11 is 0. The first kappa shape index (κ1) is 14.0. The van der Waals surface area contributed by atoms with Crippen LogP contribution in [0.3, 0.4) is 0 Å². The fourth-order valence-corrected chi connectivity index (χ4v) is 2.79. The van der Waals surface area contributed by atoms with Gasteiger partial charge >= 0.3 is 0 Å². The van der Waals surface area contributed by atoms with Crippen LogP contribution < -0.4 is 5.32 Å². The second-order valence-corrected chi connectivity index (χ2v) is 5.32. The molecule has 3 rings (SSSR count). The standard InChI is InChI=1S/C17H21N3O/c1-2-7-15-14(5-1)6-3-8-16(15)21-12-4-9-19-17-13-18-10-11-20-17/h1-2,5,7,10-11,13,16H,3-4,6,8-9,12H2,(H,19,20)/t16-/m0/s1. The van der Waals surface area contributed by atoms with Crippen molar-refractivity contribution in [3.8, 4) is 0 Å². The van der Waals surface area contributed by atoms with Crippen LogP contribution in [0.5, 0.6) is 0 Å². The van der Waals surface area contributed by atoms with Crippen LogP contribution in [-0.2, 0) is 11.2 Å². The van der Waals surface area contributed by atoms with E-state index >= 15 is 0 Å². The molecule has 4 heteroatoms. The van der Waals surface area contributed by atoms with E-state index in [0.29, 0.717) is 0 Å². The molecule has 0 bridgehead atoms. The molecule has 4 nitrogen and oxygen atoms in total. The molecule has 0 saturated heterocycles. The Morgan fingerprint density at radius 3 is 3.10 bits per heavy atom. The number of ether oxygens (including phenoxy) is 1. The Bertz CT molecular complexity index is 559. The predicted octanol–water partition coefficient (Wildman–Crippen LogP) is 3.37. The number of benzene rings is 1. The van der Waals surface area contributed by atoms with Gasteiger partial charge in [0.2, 0.25) is 0 Å². The van der Waals surface area contributed by atoms with Crippen molar-refractivity contribution in [2.75, 3.05) is 18.5 Å². The summed E-state index contributed by atoms with van der Waals surface area (Å²) in [6.45, 7) is 1.62. The summed E-state index contributed by atoms with van der Waals surface area (Å²) in [5, 5.41) is 3.25. The summed E-state index contributed by atoms with van der Waals surface area (Å²) in [6.07, 6.45) is 9.88. The lowest BCUT2D eigenvalue weighted by Crippen LogP contribution is -2.15. The number of aromatic nitrogens is 2. The maximum atomic E-state index is 6.07. The first-order valence-electron chi connectivity index (χ1n) is 7.63. The second-order valence-electron chi connectivity index (χ2n) is 5.32. The second kappa shape index (κ2) is 7.18. The highest BCUT2D eigenvalue weighted by molar-refractivity contribution is 5.31. The third-order valence-corrected chi connectivity index (χ3v) is 3.82. The fraction of sp³-hybridized carbons (Fsp3) is 0.412. The maximum absolute atomic E-state index is 6.07. The number of anilines is 1. The van der Waals surface area contributed by atoms with Crippen molar-refractivity contribution in [3.63, 3.8) is 0 Å². The molecule has 0 spiro atoms. The Kier molecular flexibility index (Phi) is 4.79. The van der Waals surface area contributed by atoms with Gasteiger partial charge in [0.25, 0.3) is 0 Å². The molecular weight excluding hydrogens is 262 g/mol. The molecule has 110 valence electrons. The Morgan fingerprint density at radius 1 is 1.24 bits per heavy atom. The number of hydrogen-bond donors (Lipinski definition) is 1. The molecule has 1 heterocycles. The van der Waals surface area contributed by atoms with E-state index in [2.05, 4.69) is 39.6 Å². The topological polar surface area (TPSA) is 47.0 Å². The summed E-state index contributed by atoms with van der Waals surface area (Å²) < 4.78 is 6.07. The number of fused-ring (bicyclic) bond motifs is 1. The van der Waals surface area contributed by atoms with Gasteiger partial charge in [0, 0.05) is 25.5 Å². The quantitative estimate of drug-likeness (QED) is 0.826. The van der Waals surface area contributed by atoms with Crippen LogP contribution in [-0.4, -0.2) is 23.1 Å². The van der Waals surface area contributed by atoms with Gasteiger partial charge in [-0.1, -0.05) is 24.3 Å². The zero-order chi connectivity index (χ0) is 14.3.